The van der Waals surface area contributed by atoms with Crippen molar-refractivity contribution >= 4 is 22.0 Å². The van der Waals surface area contributed by atoms with Crippen molar-refractivity contribution in [3.8, 4) is 0 Å². The molecule has 0 bridgehead atoms. The minimum atomic E-state index is -0.427. The lowest BCUT2D eigenvalue weighted by Crippen LogP contribution is -1.87. The molecule has 1 aromatic rings. The second kappa shape index (κ2) is 5.12. The Bertz CT molecular complexity index is 310. The summed E-state index contributed by atoms with van der Waals surface area (Å²) in [5, 5.41) is 0.927. The van der Waals surface area contributed by atoms with Gasteiger partial charge in [-0.1, -0.05) is 28.1 Å². The van der Waals surface area contributed by atoms with Gasteiger partial charge in [0.2, 0.25) is 5.95 Å². The van der Waals surface area contributed by atoms with E-state index in [9.17, 15) is 4.39 Å². The van der Waals surface area contributed by atoms with Crippen LogP contribution in [0.4, 0.5) is 4.39 Å². The number of nitrogens with zero attached hydrogens (tertiary/aromatic N) is 1. The highest BCUT2D eigenvalue weighted by Gasteiger charge is 1.96. The summed E-state index contributed by atoms with van der Waals surface area (Å²) in [7, 11) is 0. The number of aryl methyl sites for hydroxylation is 1. The molecular formula is C10H11BrFN. The Morgan fingerprint density at radius 3 is 3.08 bits per heavy atom. The van der Waals surface area contributed by atoms with Crippen LogP contribution in [0.1, 0.15) is 17.5 Å². The fourth-order valence-corrected chi connectivity index (χ4v) is 1.23. The molecule has 0 unspecified atom stereocenters. The van der Waals surface area contributed by atoms with Gasteiger partial charge in [-0.2, -0.15) is 4.39 Å². The van der Waals surface area contributed by atoms with Gasteiger partial charge < -0.3 is 0 Å². The lowest BCUT2D eigenvalue weighted by Gasteiger charge is -1.98. The summed E-state index contributed by atoms with van der Waals surface area (Å²) in [4.78, 5) is 3.56. The Morgan fingerprint density at radius 1 is 1.62 bits per heavy atom. The van der Waals surface area contributed by atoms with E-state index in [-0.39, 0.29) is 0 Å². The molecule has 3 heteroatoms. The normalized spacial score (nSPS) is 11.0. The maximum Gasteiger partial charge on any atom is 0.213 e. The van der Waals surface area contributed by atoms with Crippen molar-refractivity contribution in [2.45, 2.75) is 13.3 Å². The Labute approximate surface area is 85.8 Å². The molecule has 0 aliphatic carbocycles. The van der Waals surface area contributed by atoms with Crippen molar-refractivity contribution in [1.82, 2.24) is 4.98 Å². The third-order valence-electron chi connectivity index (χ3n) is 1.68. The maximum atomic E-state index is 12.7. The predicted octanol–water partition coefficient (Wildman–Crippen LogP) is 3.33. The van der Waals surface area contributed by atoms with Crippen molar-refractivity contribution in [2.24, 2.45) is 0 Å². The van der Waals surface area contributed by atoms with Crippen LogP contribution in [0.5, 0.6) is 0 Å². The SMILES string of the molecule is Cc1cnc(F)cc1C=CCCBr. The van der Waals surface area contributed by atoms with E-state index < -0.39 is 5.95 Å². The molecule has 1 aromatic heterocycles. The van der Waals surface area contributed by atoms with E-state index in [1.165, 1.54) is 6.07 Å². The standard InChI is InChI=1S/C10H11BrFN/c1-8-7-13-10(12)6-9(8)4-2-3-5-11/h2,4,6-7H,3,5H2,1H3. The summed E-state index contributed by atoms with van der Waals surface area (Å²) in [6, 6.07) is 1.44. The van der Waals surface area contributed by atoms with Gasteiger partial charge in [-0.25, -0.2) is 4.98 Å². The molecule has 0 aliphatic rings. The molecule has 0 fully saturated rings. The van der Waals surface area contributed by atoms with Gasteiger partial charge in [-0.05, 0) is 24.5 Å². The van der Waals surface area contributed by atoms with Crippen molar-refractivity contribution in [2.75, 3.05) is 5.33 Å². The lowest BCUT2D eigenvalue weighted by molar-refractivity contribution is 0.582. The Kier molecular flexibility index (Phi) is 4.09. The first-order valence-corrected chi connectivity index (χ1v) is 5.21. The molecule has 13 heavy (non-hydrogen) atoms. The average molecular weight is 244 g/mol. The van der Waals surface area contributed by atoms with E-state index in [1.54, 1.807) is 6.20 Å². The predicted molar refractivity (Wildman–Crippen MR) is 56.4 cm³/mol. The summed E-state index contributed by atoms with van der Waals surface area (Å²) in [5.74, 6) is -0.427. The van der Waals surface area contributed by atoms with Gasteiger partial charge in [0.1, 0.15) is 0 Å². The van der Waals surface area contributed by atoms with Crippen molar-refractivity contribution in [3.05, 3.63) is 35.4 Å². The average Bonchev–Trinajstić information content (AvgIpc) is 2.11. The highest BCUT2D eigenvalue weighted by molar-refractivity contribution is 9.09. The van der Waals surface area contributed by atoms with Crippen molar-refractivity contribution in [1.29, 1.82) is 0 Å². The fraction of sp³-hybridized carbons (Fsp3) is 0.300. The van der Waals surface area contributed by atoms with E-state index in [1.807, 2.05) is 19.1 Å². The summed E-state index contributed by atoms with van der Waals surface area (Å²) in [5.41, 5.74) is 1.89. The third-order valence-corrected chi connectivity index (χ3v) is 2.14. The topological polar surface area (TPSA) is 12.9 Å². The molecule has 0 atom stereocenters. The molecule has 1 heterocycles. The number of halogens is 2. The summed E-state index contributed by atoms with van der Waals surface area (Å²) in [6.07, 6.45) is 6.42. The Hall–Kier alpha value is -0.700. The highest BCUT2D eigenvalue weighted by Crippen LogP contribution is 2.10. The zero-order chi connectivity index (χ0) is 9.68. The largest absolute Gasteiger partial charge is 0.228 e. The van der Waals surface area contributed by atoms with Gasteiger partial charge in [0, 0.05) is 17.6 Å². The first kappa shape index (κ1) is 10.4. The number of hydrogen-bond acceptors (Lipinski definition) is 1. The van der Waals surface area contributed by atoms with Crippen LogP contribution < -0.4 is 0 Å². The highest BCUT2D eigenvalue weighted by atomic mass is 79.9. The Morgan fingerprint density at radius 2 is 2.38 bits per heavy atom. The molecule has 0 saturated carbocycles. The molecule has 0 amide bonds. The third kappa shape index (κ3) is 3.27. The number of aromatic nitrogens is 1. The molecule has 0 saturated heterocycles. The summed E-state index contributed by atoms with van der Waals surface area (Å²) < 4.78 is 12.7. The monoisotopic (exact) mass is 243 g/mol. The van der Waals surface area contributed by atoms with Crippen LogP contribution in [0.15, 0.2) is 18.3 Å². The van der Waals surface area contributed by atoms with Gasteiger partial charge in [0.25, 0.3) is 0 Å². The summed E-state index contributed by atoms with van der Waals surface area (Å²) >= 11 is 3.32. The van der Waals surface area contributed by atoms with E-state index in [0.29, 0.717) is 0 Å². The van der Waals surface area contributed by atoms with Gasteiger partial charge in [-0.3, -0.25) is 0 Å². The number of pyridine rings is 1. The molecular weight excluding hydrogens is 233 g/mol. The van der Waals surface area contributed by atoms with Crippen LogP contribution >= 0.6 is 15.9 Å². The number of allylic oxidation sites excluding steroid dienone is 1. The van der Waals surface area contributed by atoms with Gasteiger partial charge >= 0.3 is 0 Å². The molecule has 1 nitrogen and oxygen atoms in total. The minimum absolute atomic E-state index is 0.427. The Balaban J connectivity index is 2.81. The molecule has 1 rings (SSSR count). The van der Waals surface area contributed by atoms with E-state index in [0.717, 1.165) is 22.9 Å². The lowest BCUT2D eigenvalue weighted by atomic mass is 10.1. The van der Waals surface area contributed by atoms with Crippen LogP contribution in [-0.4, -0.2) is 10.3 Å². The molecule has 0 radical (unpaired) electrons. The van der Waals surface area contributed by atoms with Crippen LogP contribution in [-0.2, 0) is 0 Å². The van der Waals surface area contributed by atoms with Crippen molar-refractivity contribution in [3.63, 3.8) is 0 Å². The smallest absolute Gasteiger partial charge is 0.213 e. The minimum Gasteiger partial charge on any atom is -0.228 e. The maximum absolute atomic E-state index is 12.7. The van der Waals surface area contributed by atoms with Gasteiger partial charge in [-0.15, -0.1) is 0 Å². The number of alkyl halides is 1. The van der Waals surface area contributed by atoms with Gasteiger partial charge in [0.05, 0.1) is 0 Å². The zero-order valence-electron chi connectivity index (χ0n) is 7.43. The number of rotatable bonds is 3. The molecule has 0 spiro atoms. The van der Waals surface area contributed by atoms with Crippen LogP contribution in [0.2, 0.25) is 0 Å². The fourth-order valence-electron chi connectivity index (χ4n) is 0.965. The molecule has 0 aromatic carbocycles. The molecule has 0 aliphatic heterocycles. The summed E-state index contributed by atoms with van der Waals surface area (Å²) in [6.45, 7) is 1.92. The molecule has 70 valence electrons. The van der Waals surface area contributed by atoms with Crippen molar-refractivity contribution < 1.29 is 4.39 Å². The van der Waals surface area contributed by atoms with E-state index >= 15 is 0 Å². The quantitative estimate of drug-likeness (QED) is 0.587. The first-order chi connectivity index (χ1) is 6.24. The van der Waals surface area contributed by atoms with E-state index in [4.69, 9.17) is 0 Å². The molecule has 0 N–H and O–H groups in total. The second-order valence-electron chi connectivity index (χ2n) is 2.74. The second-order valence-corrected chi connectivity index (χ2v) is 3.54. The van der Waals surface area contributed by atoms with Crippen LogP contribution in [0, 0.1) is 12.9 Å². The first-order valence-electron chi connectivity index (χ1n) is 4.08. The number of hydrogen-bond donors (Lipinski definition) is 0. The van der Waals surface area contributed by atoms with Crippen LogP contribution in [0.25, 0.3) is 6.08 Å². The van der Waals surface area contributed by atoms with E-state index in [2.05, 4.69) is 20.9 Å². The van der Waals surface area contributed by atoms with Crippen LogP contribution in [0.3, 0.4) is 0 Å². The zero-order valence-corrected chi connectivity index (χ0v) is 9.01. The van der Waals surface area contributed by atoms with Gasteiger partial charge in [0.15, 0.2) is 0 Å².